The maximum atomic E-state index is 12.1. The molecule has 106 valence electrons. The van der Waals surface area contributed by atoms with E-state index in [1.165, 1.54) is 0 Å². The van der Waals surface area contributed by atoms with Crippen molar-refractivity contribution in [3.05, 3.63) is 30.2 Å². The molecule has 2 rings (SSSR count). The van der Waals surface area contributed by atoms with E-state index in [0.717, 1.165) is 27.7 Å². The van der Waals surface area contributed by atoms with E-state index in [9.17, 15) is 4.79 Å². The van der Waals surface area contributed by atoms with Crippen LogP contribution in [0.5, 0.6) is 0 Å². The lowest BCUT2D eigenvalue weighted by atomic mass is 10.2. The van der Waals surface area contributed by atoms with Crippen LogP contribution in [0, 0.1) is 5.92 Å². The highest BCUT2D eigenvalue weighted by Gasteiger charge is 2.21. The van der Waals surface area contributed by atoms with Gasteiger partial charge in [-0.3, -0.25) is 9.78 Å². The van der Waals surface area contributed by atoms with Gasteiger partial charge in [0.2, 0.25) is 5.91 Å². The molecule has 20 heavy (non-hydrogen) atoms. The molecule has 0 saturated carbocycles. The molecule has 2 aromatic heterocycles. The number of carbonyl (C=O) groups is 1. The van der Waals surface area contributed by atoms with Crippen LogP contribution in [0.2, 0.25) is 0 Å². The van der Waals surface area contributed by atoms with Gasteiger partial charge in [0.05, 0.1) is 5.69 Å². The Labute approximate surface area is 123 Å². The molecule has 2 heterocycles. The molecular weight excluding hydrogens is 270 g/mol. The number of nitrogens with zero attached hydrogens (tertiary/aromatic N) is 3. The Balaban J connectivity index is 2.40. The van der Waals surface area contributed by atoms with Gasteiger partial charge in [0.25, 0.3) is 0 Å². The molecule has 2 aromatic rings. The lowest BCUT2D eigenvalue weighted by Gasteiger charge is -2.18. The third-order valence-electron chi connectivity index (χ3n) is 3.05. The summed E-state index contributed by atoms with van der Waals surface area (Å²) >= 11 is 1.54. The smallest absolute Gasteiger partial charge is 0.229 e. The number of carbonyl (C=O) groups excluding carboxylic acids is 1. The molecule has 0 spiro atoms. The summed E-state index contributed by atoms with van der Waals surface area (Å²) in [5, 5.41) is 1.85. The maximum Gasteiger partial charge on any atom is 0.229 e. The molecule has 0 aliphatic carbocycles. The van der Waals surface area contributed by atoms with Crippen LogP contribution in [0.3, 0.4) is 0 Å². The van der Waals surface area contributed by atoms with Crippen LogP contribution in [-0.4, -0.2) is 22.9 Å². The fraction of sp³-hybridized carbons (Fsp3) is 0.400. The van der Waals surface area contributed by atoms with E-state index < -0.39 is 0 Å². The first-order valence-electron chi connectivity index (χ1n) is 6.72. The average Bonchev–Trinajstić information content (AvgIpc) is 2.90. The molecule has 0 bridgehead atoms. The second-order valence-corrected chi connectivity index (χ2v) is 5.90. The van der Waals surface area contributed by atoms with Crippen LogP contribution in [0.1, 0.15) is 26.5 Å². The SMILES string of the molecule is CCc1nc(-c2cccnc2)sc1N(C)C(=O)C(C)C. The Kier molecular flexibility index (Phi) is 4.49. The molecule has 0 saturated heterocycles. The van der Waals surface area contributed by atoms with Crippen molar-refractivity contribution >= 4 is 22.2 Å². The van der Waals surface area contributed by atoms with Crippen molar-refractivity contribution < 1.29 is 4.79 Å². The van der Waals surface area contributed by atoms with E-state index in [-0.39, 0.29) is 11.8 Å². The van der Waals surface area contributed by atoms with Gasteiger partial charge in [-0.05, 0) is 18.6 Å². The van der Waals surface area contributed by atoms with Gasteiger partial charge in [-0.25, -0.2) is 4.98 Å². The summed E-state index contributed by atoms with van der Waals surface area (Å²) in [4.78, 5) is 22.6. The molecule has 5 heteroatoms. The van der Waals surface area contributed by atoms with E-state index in [2.05, 4.69) is 16.9 Å². The average molecular weight is 289 g/mol. The molecule has 0 aliphatic heterocycles. The Hall–Kier alpha value is -1.75. The molecular formula is C15H19N3OS. The topological polar surface area (TPSA) is 46.1 Å². The van der Waals surface area contributed by atoms with Crippen LogP contribution in [-0.2, 0) is 11.2 Å². The second-order valence-electron chi connectivity index (χ2n) is 4.92. The summed E-state index contributed by atoms with van der Waals surface area (Å²) < 4.78 is 0. The fourth-order valence-corrected chi connectivity index (χ4v) is 3.05. The van der Waals surface area contributed by atoms with E-state index in [1.807, 2.05) is 33.0 Å². The van der Waals surface area contributed by atoms with Crippen LogP contribution in [0.15, 0.2) is 24.5 Å². The van der Waals surface area contributed by atoms with Crippen molar-refractivity contribution in [2.45, 2.75) is 27.2 Å². The molecule has 0 aromatic carbocycles. The van der Waals surface area contributed by atoms with Crippen molar-refractivity contribution in [3.8, 4) is 10.6 Å². The van der Waals surface area contributed by atoms with Crippen molar-refractivity contribution in [1.82, 2.24) is 9.97 Å². The minimum Gasteiger partial charge on any atom is -0.305 e. The molecule has 0 radical (unpaired) electrons. The minimum atomic E-state index is -0.0198. The highest BCUT2D eigenvalue weighted by molar-refractivity contribution is 7.19. The number of hydrogen-bond donors (Lipinski definition) is 0. The fourth-order valence-electron chi connectivity index (χ4n) is 1.94. The van der Waals surface area contributed by atoms with Crippen molar-refractivity contribution in [2.24, 2.45) is 5.92 Å². The van der Waals surface area contributed by atoms with Crippen molar-refractivity contribution in [1.29, 1.82) is 0 Å². The molecule has 0 unspecified atom stereocenters. The molecule has 4 nitrogen and oxygen atoms in total. The van der Waals surface area contributed by atoms with Gasteiger partial charge in [0.15, 0.2) is 0 Å². The lowest BCUT2D eigenvalue weighted by molar-refractivity contribution is -0.121. The molecule has 1 amide bonds. The summed E-state index contributed by atoms with van der Waals surface area (Å²) in [7, 11) is 1.82. The highest BCUT2D eigenvalue weighted by atomic mass is 32.1. The number of anilines is 1. The van der Waals surface area contributed by atoms with Crippen molar-refractivity contribution in [2.75, 3.05) is 11.9 Å². The van der Waals surface area contributed by atoms with Gasteiger partial charge < -0.3 is 4.90 Å². The second kappa shape index (κ2) is 6.13. The number of pyridine rings is 1. The van der Waals surface area contributed by atoms with Crippen LogP contribution >= 0.6 is 11.3 Å². The summed E-state index contributed by atoms with van der Waals surface area (Å²) in [6.45, 7) is 5.88. The van der Waals surface area contributed by atoms with Crippen molar-refractivity contribution in [3.63, 3.8) is 0 Å². The molecule has 0 fully saturated rings. The highest BCUT2D eigenvalue weighted by Crippen LogP contribution is 2.34. The summed E-state index contributed by atoms with van der Waals surface area (Å²) in [5.74, 6) is 0.0923. The normalized spacial score (nSPS) is 10.8. The third kappa shape index (κ3) is 2.88. The monoisotopic (exact) mass is 289 g/mol. The summed E-state index contributed by atoms with van der Waals surface area (Å²) in [6.07, 6.45) is 4.35. The summed E-state index contributed by atoms with van der Waals surface area (Å²) in [6, 6.07) is 3.88. The van der Waals surface area contributed by atoms with E-state index in [0.29, 0.717) is 0 Å². The first-order chi connectivity index (χ1) is 9.54. The largest absolute Gasteiger partial charge is 0.305 e. The predicted octanol–water partition coefficient (Wildman–Crippen LogP) is 3.39. The van der Waals surface area contributed by atoms with Crippen LogP contribution < -0.4 is 4.90 Å². The zero-order chi connectivity index (χ0) is 14.7. The van der Waals surface area contributed by atoms with Gasteiger partial charge >= 0.3 is 0 Å². The third-order valence-corrected chi connectivity index (χ3v) is 4.27. The maximum absolute atomic E-state index is 12.1. The quantitative estimate of drug-likeness (QED) is 0.866. The lowest BCUT2D eigenvalue weighted by Crippen LogP contribution is -2.30. The Bertz CT molecular complexity index is 592. The predicted molar refractivity (Wildman–Crippen MR) is 83.0 cm³/mol. The van der Waals surface area contributed by atoms with Crippen LogP contribution in [0.4, 0.5) is 5.00 Å². The standard InChI is InChI=1S/C15H19N3OS/c1-5-12-15(18(4)14(19)10(2)3)20-13(17-12)11-7-6-8-16-9-11/h6-10H,5H2,1-4H3. The van der Waals surface area contributed by atoms with Gasteiger partial charge in [0.1, 0.15) is 10.0 Å². The number of aromatic nitrogens is 2. The number of thiazole rings is 1. The Morgan fingerprint density at radius 2 is 2.20 bits per heavy atom. The Morgan fingerprint density at radius 1 is 1.45 bits per heavy atom. The van der Waals surface area contributed by atoms with Gasteiger partial charge in [-0.1, -0.05) is 32.1 Å². The zero-order valence-electron chi connectivity index (χ0n) is 12.3. The number of rotatable bonds is 4. The van der Waals surface area contributed by atoms with E-state index in [1.54, 1.807) is 28.6 Å². The number of amides is 1. The van der Waals surface area contributed by atoms with Gasteiger partial charge in [0, 0.05) is 30.9 Å². The Morgan fingerprint density at radius 3 is 2.75 bits per heavy atom. The first kappa shape index (κ1) is 14.7. The van der Waals surface area contributed by atoms with Gasteiger partial charge in [-0.2, -0.15) is 0 Å². The first-order valence-corrected chi connectivity index (χ1v) is 7.53. The van der Waals surface area contributed by atoms with E-state index in [4.69, 9.17) is 0 Å². The number of hydrogen-bond acceptors (Lipinski definition) is 4. The molecule has 0 N–H and O–H groups in total. The van der Waals surface area contributed by atoms with Crippen LogP contribution in [0.25, 0.3) is 10.6 Å². The minimum absolute atomic E-state index is 0.0198. The summed E-state index contributed by atoms with van der Waals surface area (Å²) in [5.41, 5.74) is 1.95. The van der Waals surface area contributed by atoms with Gasteiger partial charge in [-0.15, -0.1) is 0 Å². The molecule has 0 aliphatic rings. The number of aryl methyl sites for hydroxylation is 1. The van der Waals surface area contributed by atoms with E-state index >= 15 is 0 Å². The molecule has 0 atom stereocenters. The zero-order valence-corrected chi connectivity index (χ0v) is 13.1.